The molecular formula is C26H25F4N3O. The Hall–Kier alpha value is -3.39. The van der Waals surface area contributed by atoms with Crippen molar-refractivity contribution in [2.45, 2.75) is 36.9 Å². The van der Waals surface area contributed by atoms with Crippen LogP contribution in [-0.2, 0) is 11.8 Å². The minimum absolute atomic E-state index is 0.215. The van der Waals surface area contributed by atoms with Crippen molar-refractivity contribution in [1.82, 2.24) is 9.97 Å². The van der Waals surface area contributed by atoms with Gasteiger partial charge < -0.3 is 15.5 Å². The highest BCUT2D eigenvalue weighted by Gasteiger charge is 2.56. The fourth-order valence-corrected chi connectivity index (χ4v) is 4.54. The fraction of sp³-hybridized carbons (Fsp3) is 0.269. The van der Waals surface area contributed by atoms with E-state index in [1.807, 2.05) is 24.3 Å². The largest absolute Gasteiger partial charge is 0.496 e. The molecule has 0 bridgehead atoms. The standard InChI is InChI=1S/C26H25F4N3O/c1-24(20-14-18(27)10-11-22(20)34-2,23-13-17-7-3-4-9-21(17)33-23)16-25(31,26(28,29)30)15-19-8-5-6-12-32-19/h3-14,33H,15-16,31H2,1-2H3. The van der Waals surface area contributed by atoms with Gasteiger partial charge in [-0.1, -0.05) is 24.3 Å². The third-order valence-corrected chi connectivity index (χ3v) is 6.34. The number of aromatic nitrogens is 2. The summed E-state index contributed by atoms with van der Waals surface area (Å²) in [5.41, 5.74) is 3.83. The Morgan fingerprint density at radius 2 is 1.74 bits per heavy atom. The summed E-state index contributed by atoms with van der Waals surface area (Å²) in [6.07, 6.45) is -4.45. The van der Waals surface area contributed by atoms with E-state index in [1.54, 1.807) is 25.1 Å². The van der Waals surface area contributed by atoms with Gasteiger partial charge in [-0.25, -0.2) is 4.39 Å². The van der Waals surface area contributed by atoms with Crippen LogP contribution in [0.25, 0.3) is 10.9 Å². The lowest BCUT2D eigenvalue weighted by atomic mass is 9.68. The number of para-hydroxylation sites is 1. The number of benzene rings is 2. The highest BCUT2D eigenvalue weighted by molar-refractivity contribution is 5.81. The van der Waals surface area contributed by atoms with Gasteiger partial charge >= 0.3 is 6.18 Å². The van der Waals surface area contributed by atoms with Crippen molar-refractivity contribution in [3.63, 3.8) is 0 Å². The van der Waals surface area contributed by atoms with E-state index in [0.717, 1.165) is 10.9 Å². The topological polar surface area (TPSA) is 63.9 Å². The third kappa shape index (κ3) is 4.37. The van der Waals surface area contributed by atoms with Gasteiger partial charge in [-0.2, -0.15) is 13.2 Å². The van der Waals surface area contributed by atoms with Crippen molar-refractivity contribution in [1.29, 1.82) is 0 Å². The van der Waals surface area contributed by atoms with Crippen molar-refractivity contribution in [2.75, 3.05) is 7.11 Å². The normalized spacial score (nSPS) is 15.6. The molecule has 8 heteroatoms. The molecule has 0 saturated heterocycles. The molecule has 4 rings (SSSR count). The van der Waals surface area contributed by atoms with Gasteiger partial charge in [0.05, 0.1) is 7.11 Å². The summed E-state index contributed by atoms with van der Waals surface area (Å²) in [6, 6.07) is 17.7. The number of nitrogens with zero attached hydrogens (tertiary/aromatic N) is 1. The SMILES string of the molecule is COc1ccc(F)cc1C(C)(CC(N)(Cc1ccccn1)C(F)(F)F)c1cc2ccccc2[nH]1. The second-order valence-corrected chi connectivity index (χ2v) is 8.78. The van der Waals surface area contributed by atoms with Crippen LogP contribution in [0, 0.1) is 5.82 Å². The number of ether oxygens (including phenoxy) is 1. The molecule has 2 aromatic carbocycles. The summed E-state index contributed by atoms with van der Waals surface area (Å²) in [5.74, 6) is -0.317. The van der Waals surface area contributed by atoms with Crippen LogP contribution in [0.5, 0.6) is 5.75 Å². The van der Waals surface area contributed by atoms with Crippen molar-refractivity contribution in [2.24, 2.45) is 5.73 Å². The quantitative estimate of drug-likeness (QED) is 0.330. The van der Waals surface area contributed by atoms with E-state index in [1.165, 1.54) is 37.6 Å². The molecule has 34 heavy (non-hydrogen) atoms. The predicted molar refractivity (Wildman–Crippen MR) is 123 cm³/mol. The van der Waals surface area contributed by atoms with Crippen LogP contribution >= 0.6 is 0 Å². The first-order valence-electron chi connectivity index (χ1n) is 10.7. The first kappa shape index (κ1) is 23.8. The Labute approximate surface area is 194 Å². The lowest BCUT2D eigenvalue weighted by Crippen LogP contribution is -2.58. The lowest BCUT2D eigenvalue weighted by Gasteiger charge is -2.41. The highest BCUT2D eigenvalue weighted by Crippen LogP contribution is 2.47. The molecule has 2 aromatic heterocycles. The number of nitrogens with two attached hydrogens (primary N) is 1. The lowest BCUT2D eigenvalue weighted by molar-refractivity contribution is -0.191. The molecule has 0 saturated carbocycles. The maximum absolute atomic E-state index is 14.5. The monoisotopic (exact) mass is 471 g/mol. The average molecular weight is 471 g/mol. The van der Waals surface area contributed by atoms with Gasteiger partial charge in [-0.15, -0.1) is 0 Å². The van der Waals surface area contributed by atoms with Crippen molar-refractivity contribution < 1.29 is 22.3 Å². The molecule has 4 nitrogen and oxygen atoms in total. The minimum Gasteiger partial charge on any atom is -0.496 e. The second-order valence-electron chi connectivity index (χ2n) is 8.78. The zero-order valence-electron chi connectivity index (χ0n) is 18.8. The molecule has 0 aliphatic heterocycles. The van der Waals surface area contributed by atoms with E-state index in [0.29, 0.717) is 5.69 Å². The Morgan fingerprint density at radius 3 is 2.38 bits per heavy atom. The van der Waals surface area contributed by atoms with Gasteiger partial charge in [0, 0.05) is 40.5 Å². The molecule has 2 heterocycles. The summed E-state index contributed by atoms with van der Waals surface area (Å²) in [7, 11) is 1.40. The minimum atomic E-state index is -4.77. The van der Waals surface area contributed by atoms with Gasteiger partial charge in [0.1, 0.15) is 17.1 Å². The van der Waals surface area contributed by atoms with Crippen molar-refractivity contribution in [3.8, 4) is 5.75 Å². The zero-order chi connectivity index (χ0) is 24.6. The van der Waals surface area contributed by atoms with E-state index in [-0.39, 0.29) is 17.0 Å². The first-order chi connectivity index (χ1) is 16.1. The van der Waals surface area contributed by atoms with Gasteiger partial charge in [-0.05, 0) is 61.2 Å². The number of alkyl halides is 3. The summed E-state index contributed by atoms with van der Waals surface area (Å²) >= 11 is 0. The molecule has 0 amide bonds. The predicted octanol–water partition coefficient (Wildman–Crippen LogP) is 5.91. The summed E-state index contributed by atoms with van der Waals surface area (Å²) in [5, 5.41) is 0.818. The number of aromatic amines is 1. The third-order valence-electron chi connectivity index (χ3n) is 6.34. The Bertz CT molecular complexity index is 1260. The molecule has 4 aromatic rings. The molecule has 2 atom stereocenters. The number of hydrogen-bond acceptors (Lipinski definition) is 3. The number of methoxy groups -OCH3 is 1. The maximum Gasteiger partial charge on any atom is 0.406 e. The summed E-state index contributed by atoms with van der Waals surface area (Å²) < 4.78 is 63.5. The first-order valence-corrected chi connectivity index (χ1v) is 10.7. The van der Waals surface area contributed by atoms with Crippen LogP contribution in [0.15, 0.2) is 72.9 Å². The molecule has 178 valence electrons. The average Bonchev–Trinajstić information content (AvgIpc) is 3.24. The van der Waals surface area contributed by atoms with Crippen LogP contribution in [-0.4, -0.2) is 28.8 Å². The molecule has 2 unspecified atom stereocenters. The van der Waals surface area contributed by atoms with Gasteiger partial charge in [0.25, 0.3) is 0 Å². The number of H-pyrrole nitrogens is 1. The molecule has 0 aliphatic rings. The number of hydrogen-bond donors (Lipinski definition) is 2. The van der Waals surface area contributed by atoms with Crippen LogP contribution < -0.4 is 10.5 Å². The van der Waals surface area contributed by atoms with Crippen LogP contribution in [0.2, 0.25) is 0 Å². The molecule has 0 aliphatic carbocycles. The van der Waals surface area contributed by atoms with E-state index in [2.05, 4.69) is 9.97 Å². The Balaban J connectivity index is 1.92. The summed E-state index contributed by atoms with van der Waals surface area (Å²) in [4.78, 5) is 7.29. The zero-order valence-corrected chi connectivity index (χ0v) is 18.8. The molecule has 0 radical (unpaired) electrons. The van der Waals surface area contributed by atoms with Gasteiger partial charge in [-0.3, -0.25) is 4.98 Å². The second kappa shape index (κ2) is 8.76. The number of fused-ring (bicyclic) bond motifs is 1. The number of rotatable bonds is 7. The molecule has 0 spiro atoms. The molecule has 3 N–H and O–H groups in total. The van der Waals surface area contributed by atoms with Crippen LogP contribution in [0.4, 0.5) is 17.6 Å². The number of halogens is 4. The van der Waals surface area contributed by atoms with E-state index >= 15 is 0 Å². The van der Waals surface area contributed by atoms with Gasteiger partial charge in [0.15, 0.2) is 0 Å². The smallest absolute Gasteiger partial charge is 0.406 e. The van der Waals surface area contributed by atoms with Gasteiger partial charge in [0.2, 0.25) is 0 Å². The van der Waals surface area contributed by atoms with Crippen LogP contribution in [0.3, 0.4) is 0 Å². The molecular weight excluding hydrogens is 446 g/mol. The number of pyridine rings is 1. The van der Waals surface area contributed by atoms with Crippen molar-refractivity contribution >= 4 is 10.9 Å². The number of nitrogens with one attached hydrogen (secondary N) is 1. The fourth-order valence-electron chi connectivity index (χ4n) is 4.54. The van der Waals surface area contributed by atoms with E-state index in [9.17, 15) is 17.6 Å². The Morgan fingerprint density at radius 1 is 1.00 bits per heavy atom. The maximum atomic E-state index is 14.5. The van der Waals surface area contributed by atoms with Crippen molar-refractivity contribution in [3.05, 3.63) is 95.7 Å². The highest BCUT2D eigenvalue weighted by atomic mass is 19.4. The Kier molecular flexibility index (Phi) is 6.12. The summed E-state index contributed by atoms with van der Waals surface area (Å²) in [6.45, 7) is 1.63. The van der Waals surface area contributed by atoms with E-state index in [4.69, 9.17) is 10.5 Å². The van der Waals surface area contributed by atoms with E-state index < -0.39 is 35.8 Å². The van der Waals surface area contributed by atoms with Crippen LogP contribution in [0.1, 0.15) is 30.3 Å². The molecule has 0 fully saturated rings.